The number of aldehydes is 1. The number of nitrogens with one attached hydrogen (secondary N) is 1. The third-order valence-corrected chi connectivity index (χ3v) is 3.22. The van der Waals surface area contributed by atoms with Crippen LogP contribution in [0.3, 0.4) is 0 Å². The van der Waals surface area contributed by atoms with Crippen molar-refractivity contribution in [1.82, 2.24) is 4.98 Å². The maximum atomic E-state index is 11.3. The number of aromatic hydroxyl groups is 1. The molecule has 0 fully saturated rings. The Kier molecular flexibility index (Phi) is 3.80. The quantitative estimate of drug-likeness (QED) is 0.435. The van der Waals surface area contributed by atoms with Crippen molar-refractivity contribution in [2.75, 3.05) is 5.32 Å². The van der Waals surface area contributed by atoms with Crippen LogP contribution >= 0.6 is 11.6 Å². The Morgan fingerprint density at radius 2 is 2.00 bits per heavy atom. The molecule has 0 saturated heterocycles. The maximum absolute atomic E-state index is 11.3. The summed E-state index contributed by atoms with van der Waals surface area (Å²) in [6.45, 7) is 0. The van der Waals surface area contributed by atoms with Crippen LogP contribution in [-0.4, -0.2) is 16.4 Å². The first-order chi connectivity index (χ1) is 10.7. The summed E-state index contributed by atoms with van der Waals surface area (Å²) in [5.41, 5.74) is 2.12. The van der Waals surface area contributed by atoms with Crippen molar-refractivity contribution in [2.45, 2.75) is 0 Å². The van der Waals surface area contributed by atoms with Gasteiger partial charge in [0.05, 0.1) is 5.57 Å². The van der Waals surface area contributed by atoms with Crippen molar-refractivity contribution in [2.24, 2.45) is 0 Å². The zero-order chi connectivity index (χ0) is 15.5. The molecule has 3 rings (SSSR count). The van der Waals surface area contributed by atoms with Crippen LogP contribution in [0.2, 0.25) is 5.02 Å². The van der Waals surface area contributed by atoms with Crippen LogP contribution in [-0.2, 0) is 4.79 Å². The summed E-state index contributed by atoms with van der Waals surface area (Å²) < 4.78 is 5.53. The van der Waals surface area contributed by atoms with Gasteiger partial charge in [-0.2, -0.15) is 0 Å². The largest absolute Gasteiger partial charge is 0.508 e. The Hall–Kier alpha value is -2.79. The molecule has 6 heteroatoms. The Bertz CT molecular complexity index is 853. The highest BCUT2D eigenvalue weighted by Gasteiger charge is 2.10. The minimum atomic E-state index is 0.168. The Morgan fingerprint density at radius 3 is 2.73 bits per heavy atom. The highest BCUT2D eigenvalue weighted by atomic mass is 35.5. The van der Waals surface area contributed by atoms with Gasteiger partial charge in [-0.25, -0.2) is 4.98 Å². The SMILES string of the molecule is O=C/C(=C\Nc1ccc(O)cc1)c1nc2cc(Cl)ccc2o1. The molecule has 0 spiro atoms. The zero-order valence-electron chi connectivity index (χ0n) is 11.3. The number of benzene rings is 2. The van der Waals surface area contributed by atoms with E-state index in [-0.39, 0.29) is 17.2 Å². The third-order valence-electron chi connectivity index (χ3n) is 2.99. The molecule has 0 aliphatic heterocycles. The van der Waals surface area contributed by atoms with Crippen molar-refractivity contribution in [3.8, 4) is 5.75 Å². The minimum absolute atomic E-state index is 0.168. The van der Waals surface area contributed by atoms with Crippen molar-refractivity contribution >= 4 is 40.2 Å². The van der Waals surface area contributed by atoms with Crippen LogP contribution in [0.15, 0.2) is 53.1 Å². The number of hydrogen-bond acceptors (Lipinski definition) is 5. The summed E-state index contributed by atoms with van der Waals surface area (Å²) >= 11 is 5.90. The topological polar surface area (TPSA) is 75.4 Å². The third kappa shape index (κ3) is 2.94. The number of anilines is 1. The number of phenols is 1. The summed E-state index contributed by atoms with van der Waals surface area (Å²) in [4.78, 5) is 15.5. The second kappa shape index (κ2) is 5.91. The molecule has 2 N–H and O–H groups in total. The molecule has 0 unspecified atom stereocenters. The van der Waals surface area contributed by atoms with E-state index in [0.29, 0.717) is 22.4 Å². The number of nitrogens with zero attached hydrogens (tertiary/aromatic N) is 1. The molecule has 0 radical (unpaired) electrons. The first-order valence-corrected chi connectivity index (χ1v) is 6.81. The van der Waals surface area contributed by atoms with Crippen molar-refractivity contribution < 1.29 is 14.3 Å². The average Bonchev–Trinajstić information content (AvgIpc) is 2.92. The van der Waals surface area contributed by atoms with Gasteiger partial charge in [0.25, 0.3) is 0 Å². The van der Waals surface area contributed by atoms with E-state index in [1.54, 1.807) is 30.3 Å². The first-order valence-electron chi connectivity index (χ1n) is 6.43. The van der Waals surface area contributed by atoms with Crippen molar-refractivity contribution in [1.29, 1.82) is 0 Å². The van der Waals surface area contributed by atoms with E-state index in [9.17, 15) is 9.90 Å². The standard InChI is InChI=1S/C16H11ClN2O3/c17-11-1-6-15-14(7-11)19-16(22-15)10(9-20)8-18-12-2-4-13(21)5-3-12/h1-9,18,21H/b10-8+. The number of carbonyl (C=O) groups excluding carboxylic acids is 1. The van der Waals surface area contributed by atoms with Crippen LogP contribution in [0, 0.1) is 0 Å². The zero-order valence-corrected chi connectivity index (χ0v) is 12.0. The number of fused-ring (bicyclic) bond motifs is 1. The molecule has 110 valence electrons. The van der Waals surface area contributed by atoms with E-state index in [2.05, 4.69) is 10.3 Å². The van der Waals surface area contributed by atoms with Gasteiger partial charge >= 0.3 is 0 Å². The predicted octanol–water partition coefficient (Wildman–Crippen LogP) is 3.84. The smallest absolute Gasteiger partial charge is 0.232 e. The number of phenolic OH excluding ortho intramolecular Hbond substituents is 1. The van der Waals surface area contributed by atoms with Gasteiger partial charge in [0.2, 0.25) is 5.89 Å². The molecule has 1 aromatic heterocycles. The summed E-state index contributed by atoms with van der Waals surface area (Å²) in [6.07, 6.45) is 2.14. The molecule has 0 bridgehead atoms. The van der Waals surface area contributed by atoms with Crippen molar-refractivity contribution in [3.05, 3.63) is 59.6 Å². The molecule has 5 nitrogen and oxygen atoms in total. The number of rotatable bonds is 4. The van der Waals surface area contributed by atoms with E-state index in [1.807, 2.05) is 0 Å². The average molecular weight is 315 g/mol. The van der Waals surface area contributed by atoms with E-state index >= 15 is 0 Å². The van der Waals surface area contributed by atoms with Gasteiger partial charge in [-0.05, 0) is 42.5 Å². The van der Waals surface area contributed by atoms with Gasteiger partial charge in [-0.3, -0.25) is 4.79 Å². The molecule has 3 aromatic rings. The highest BCUT2D eigenvalue weighted by Crippen LogP contribution is 2.23. The molecular formula is C16H11ClN2O3. The lowest BCUT2D eigenvalue weighted by Gasteiger charge is -2.01. The van der Waals surface area contributed by atoms with Crippen LogP contribution in [0.5, 0.6) is 5.75 Å². The molecule has 1 heterocycles. The molecule has 0 saturated carbocycles. The number of hydrogen-bond donors (Lipinski definition) is 2. The fourth-order valence-electron chi connectivity index (χ4n) is 1.89. The lowest BCUT2D eigenvalue weighted by molar-refractivity contribution is -0.103. The summed E-state index contributed by atoms with van der Waals surface area (Å²) in [6, 6.07) is 11.5. The van der Waals surface area contributed by atoms with Crippen LogP contribution in [0.1, 0.15) is 5.89 Å². The van der Waals surface area contributed by atoms with E-state index < -0.39 is 0 Å². The monoisotopic (exact) mass is 314 g/mol. The normalized spacial score (nSPS) is 11.6. The highest BCUT2D eigenvalue weighted by molar-refractivity contribution is 6.31. The molecule has 0 atom stereocenters. The fraction of sp³-hybridized carbons (Fsp3) is 0. The first kappa shape index (κ1) is 14.2. The predicted molar refractivity (Wildman–Crippen MR) is 84.8 cm³/mol. The molecular weight excluding hydrogens is 304 g/mol. The second-order valence-electron chi connectivity index (χ2n) is 4.54. The lowest BCUT2D eigenvalue weighted by Crippen LogP contribution is -1.93. The molecule has 2 aromatic carbocycles. The van der Waals surface area contributed by atoms with Crippen LogP contribution in [0.4, 0.5) is 5.69 Å². The molecule has 22 heavy (non-hydrogen) atoms. The van der Waals surface area contributed by atoms with Gasteiger partial charge in [0.15, 0.2) is 11.9 Å². The molecule has 0 aliphatic rings. The van der Waals surface area contributed by atoms with Gasteiger partial charge in [-0.1, -0.05) is 11.6 Å². The summed E-state index contributed by atoms with van der Waals surface area (Å²) in [5.74, 6) is 0.375. The number of carbonyl (C=O) groups is 1. The number of aromatic nitrogens is 1. The van der Waals surface area contributed by atoms with Crippen LogP contribution < -0.4 is 5.32 Å². The fourth-order valence-corrected chi connectivity index (χ4v) is 2.06. The Labute approximate surface area is 130 Å². The molecule has 0 amide bonds. The Balaban J connectivity index is 1.89. The number of allylic oxidation sites excluding steroid dienone is 1. The Morgan fingerprint density at radius 1 is 1.23 bits per heavy atom. The van der Waals surface area contributed by atoms with Crippen LogP contribution in [0.25, 0.3) is 16.7 Å². The second-order valence-corrected chi connectivity index (χ2v) is 4.98. The molecule has 0 aliphatic carbocycles. The summed E-state index contributed by atoms with van der Waals surface area (Å²) in [5, 5.41) is 12.7. The van der Waals surface area contributed by atoms with Crippen molar-refractivity contribution in [3.63, 3.8) is 0 Å². The van der Waals surface area contributed by atoms with Gasteiger partial charge in [0, 0.05) is 16.9 Å². The van der Waals surface area contributed by atoms with E-state index in [4.69, 9.17) is 16.0 Å². The van der Waals surface area contributed by atoms with Gasteiger partial charge in [-0.15, -0.1) is 0 Å². The minimum Gasteiger partial charge on any atom is -0.508 e. The lowest BCUT2D eigenvalue weighted by atomic mass is 10.3. The number of oxazole rings is 1. The summed E-state index contributed by atoms with van der Waals surface area (Å²) in [7, 11) is 0. The van der Waals surface area contributed by atoms with Gasteiger partial charge in [0.1, 0.15) is 11.3 Å². The van der Waals surface area contributed by atoms with E-state index in [0.717, 1.165) is 5.69 Å². The van der Waals surface area contributed by atoms with Gasteiger partial charge < -0.3 is 14.8 Å². The maximum Gasteiger partial charge on any atom is 0.232 e. The van der Waals surface area contributed by atoms with E-state index in [1.165, 1.54) is 18.3 Å². The number of halogens is 1.